The average molecular weight is 1220 g/mol. The zero-order valence-electron chi connectivity index (χ0n) is 57.1. The molecule has 2 atom stereocenters. The van der Waals surface area contributed by atoms with Crippen LogP contribution in [0.1, 0.15) is 159 Å². The van der Waals surface area contributed by atoms with Crippen LogP contribution < -0.4 is 0 Å². The Kier molecular flexibility index (Phi) is 17.3. The third kappa shape index (κ3) is 13.3. The fourth-order valence-corrected chi connectivity index (χ4v) is 14.4. The quantitative estimate of drug-likeness (QED) is 0.122. The van der Waals surface area contributed by atoms with Gasteiger partial charge in [0.05, 0.1) is 17.1 Å². The van der Waals surface area contributed by atoms with Crippen LogP contribution in [0.5, 0.6) is 0 Å². The maximum absolute atomic E-state index is 5.03. The molecule has 0 N–H and O–H groups in total. The number of pyridine rings is 3. The molecule has 94 heavy (non-hydrogen) atoms. The minimum Gasteiger partial charge on any atom is -0.256 e. The molecule has 0 amide bonds. The molecule has 3 aromatic heterocycles. The van der Waals surface area contributed by atoms with Crippen molar-refractivity contribution in [2.45, 2.75) is 142 Å². The van der Waals surface area contributed by atoms with Gasteiger partial charge in [-0.1, -0.05) is 277 Å². The zero-order valence-corrected chi connectivity index (χ0v) is 57.1. The van der Waals surface area contributed by atoms with Crippen molar-refractivity contribution in [3.05, 3.63) is 306 Å². The molecule has 0 radical (unpaired) electrons. The van der Waals surface area contributed by atoms with Gasteiger partial charge in [0.2, 0.25) is 0 Å². The van der Waals surface area contributed by atoms with Crippen LogP contribution in [0.3, 0.4) is 0 Å². The summed E-state index contributed by atoms with van der Waals surface area (Å²) in [5.74, 6) is 0.549. The van der Waals surface area contributed by atoms with E-state index in [4.69, 9.17) is 15.0 Å². The Hall–Kier alpha value is -9.57. The lowest BCUT2D eigenvalue weighted by molar-refractivity contribution is 0.352. The second-order valence-electron chi connectivity index (χ2n) is 30.4. The SMILES string of the molecule is CC(C)(C)c1ccnc(-c2ccc(-c3ccccc3C3CC(c4ccccc4-c4ccc(-c5cc(C(C)(C)C)ccn5)cc4-c4ccccc4)CC(c4ccc(C(C)(C)C)cc4-c4ccc(-c5cc(C(C)(C)C)ccn5)cc4-c4ccccc4)C3)c(-c3ccccc3)c2)c1. The van der Waals surface area contributed by atoms with Crippen LogP contribution in [0.15, 0.2) is 267 Å². The third-order valence-electron chi connectivity index (χ3n) is 19.8. The van der Waals surface area contributed by atoms with Gasteiger partial charge in [0.1, 0.15) is 0 Å². The van der Waals surface area contributed by atoms with Crippen LogP contribution in [-0.2, 0) is 21.7 Å². The lowest BCUT2D eigenvalue weighted by atomic mass is 9.65. The molecule has 1 fully saturated rings. The molecule has 3 heteroatoms. The molecule has 1 aliphatic carbocycles. The summed E-state index contributed by atoms with van der Waals surface area (Å²) < 4.78 is 0. The van der Waals surface area contributed by atoms with Crippen molar-refractivity contribution in [3.8, 4) is 101 Å². The van der Waals surface area contributed by atoms with E-state index in [0.717, 1.165) is 53.0 Å². The third-order valence-corrected chi connectivity index (χ3v) is 19.8. The topological polar surface area (TPSA) is 38.7 Å². The van der Waals surface area contributed by atoms with Gasteiger partial charge < -0.3 is 0 Å². The largest absolute Gasteiger partial charge is 0.256 e. The van der Waals surface area contributed by atoms with E-state index in [-0.39, 0.29) is 39.4 Å². The number of benzene rings is 9. The maximum atomic E-state index is 5.03. The molecule has 12 aromatic rings. The summed E-state index contributed by atoms with van der Waals surface area (Å²) >= 11 is 0. The minimum atomic E-state index is -0.0953. The molecule has 0 bridgehead atoms. The van der Waals surface area contributed by atoms with Crippen molar-refractivity contribution >= 4 is 0 Å². The number of nitrogens with zero attached hydrogens (tertiary/aromatic N) is 3. The predicted molar refractivity (Wildman–Crippen MR) is 399 cm³/mol. The summed E-state index contributed by atoms with van der Waals surface area (Å²) in [7, 11) is 0. The van der Waals surface area contributed by atoms with E-state index in [1.54, 1.807) is 0 Å². The van der Waals surface area contributed by atoms with Gasteiger partial charge in [-0.15, -0.1) is 0 Å². The Labute approximate surface area is 560 Å². The summed E-state index contributed by atoms with van der Waals surface area (Å²) in [5, 5.41) is 0. The van der Waals surface area contributed by atoms with Crippen LogP contribution in [0.4, 0.5) is 0 Å². The van der Waals surface area contributed by atoms with Gasteiger partial charge in [0, 0.05) is 35.3 Å². The van der Waals surface area contributed by atoms with Gasteiger partial charge in [-0.05, 0) is 219 Å². The highest BCUT2D eigenvalue weighted by Gasteiger charge is 2.36. The first-order valence-corrected chi connectivity index (χ1v) is 33.9. The Morgan fingerprint density at radius 3 is 0.840 bits per heavy atom. The van der Waals surface area contributed by atoms with Gasteiger partial charge in [0.25, 0.3) is 0 Å². The Balaban J connectivity index is 1.01. The zero-order chi connectivity index (χ0) is 65.5. The van der Waals surface area contributed by atoms with Crippen LogP contribution >= 0.6 is 0 Å². The van der Waals surface area contributed by atoms with Gasteiger partial charge >= 0.3 is 0 Å². The van der Waals surface area contributed by atoms with E-state index < -0.39 is 0 Å². The van der Waals surface area contributed by atoms with Gasteiger partial charge in [0.15, 0.2) is 0 Å². The van der Waals surface area contributed by atoms with Crippen molar-refractivity contribution in [2.24, 2.45) is 0 Å². The van der Waals surface area contributed by atoms with Crippen LogP contribution in [0, 0.1) is 0 Å². The number of hydrogen-bond donors (Lipinski definition) is 0. The van der Waals surface area contributed by atoms with E-state index >= 15 is 0 Å². The highest BCUT2D eigenvalue weighted by atomic mass is 14.7. The first-order valence-electron chi connectivity index (χ1n) is 33.9. The smallest absolute Gasteiger partial charge is 0.0705 e. The second kappa shape index (κ2) is 25.7. The number of rotatable bonds is 12. The Morgan fingerprint density at radius 1 is 0.223 bits per heavy atom. The number of hydrogen-bond acceptors (Lipinski definition) is 3. The summed E-state index contributed by atoms with van der Waals surface area (Å²) in [6, 6.07) is 93.9. The molecule has 468 valence electrons. The first kappa shape index (κ1) is 63.2. The summed E-state index contributed by atoms with van der Waals surface area (Å²) in [4.78, 5) is 15.0. The molecule has 0 aliphatic heterocycles. The van der Waals surface area contributed by atoms with Crippen molar-refractivity contribution in [3.63, 3.8) is 0 Å². The molecular weight excluding hydrogens is 1140 g/mol. The van der Waals surface area contributed by atoms with Crippen molar-refractivity contribution in [1.29, 1.82) is 0 Å². The van der Waals surface area contributed by atoms with E-state index in [1.807, 2.05) is 18.6 Å². The van der Waals surface area contributed by atoms with Crippen LogP contribution in [0.25, 0.3) is 101 Å². The highest BCUT2D eigenvalue weighted by molar-refractivity contribution is 5.91. The Bertz CT molecular complexity index is 4480. The van der Waals surface area contributed by atoms with Gasteiger partial charge in [-0.25, -0.2) is 0 Å². The van der Waals surface area contributed by atoms with Crippen LogP contribution in [0.2, 0.25) is 0 Å². The first-order chi connectivity index (χ1) is 45.1. The lowest BCUT2D eigenvalue weighted by Gasteiger charge is -2.39. The molecule has 2 unspecified atom stereocenters. The molecule has 0 spiro atoms. The second-order valence-corrected chi connectivity index (χ2v) is 30.4. The number of aromatic nitrogens is 3. The standard InChI is InChI=1S/C91H89N3/c1-88(2,3)69-39-43-75(84(56-69)80-42-38-65(55-83(80)62-30-20-15-21-31-62)87-59-72(46-49-94-87)91(10,11)12)68-51-66(73-32-22-24-34-76(73)78-40-36-63(53-81(78)60-26-16-13-17-27-60)85-57-70(44-47-92-85)89(4,5)6)50-67(52-68)74-33-23-25-35-77(74)79-41-37-64(54-82(79)61-28-18-14-19-29-61)86-58-71(45-48-93-86)90(7,8)9/h13-49,53-59,66-68H,50-52H2,1-12H3. The molecule has 9 aromatic carbocycles. The highest BCUT2D eigenvalue weighted by Crippen LogP contribution is 2.55. The monoisotopic (exact) mass is 1220 g/mol. The molecule has 0 saturated heterocycles. The minimum absolute atomic E-state index is 0.0121. The molecular formula is C91H89N3. The van der Waals surface area contributed by atoms with Crippen molar-refractivity contribution in [2.75, 3.05) is 0 Å². The van der Waals surface area contributed by atoms with E-state index in [9.17, 15) is 0 Å². The predicted octanol–water partition coefficient (Wildman–Crippen LogP) is 24.9. The Morgan fingerprint density at radius 2 is 0.511 bits per heavy atom. The molecule has 1 aliphatic rings. The molecule has 13 rings (SSSR count). The van der Waals surface area contributed by atoms with E-state index in [0.29, 0.717) is 0 Å². The molecule has 1 saturated carbocycles. The molecule has 3 heterocycles. The van der Waals surface area contributed by atoms with Crippen molar-refractivity contribution in [1.82, 2.24) is 15.0 Å². The fraction of sp³-hybridized carbons (Fsp3) is 0.242. The lowest BCUT2D eigenvalue weighted by Crippen LogP contribution is -2.22. The van der Waals surface area contributed by atoms with E-state index in [2.05, 4.69) is 332 Å². The van der Waals surface area contributed by atoms with Gasteiger partial charge in [-0.3, -0.25) is 15.0 Å². The normalized spacial score (nSPS) is 15.4. The van der Waals surface area contributed by atoms with E-state index in [1.165, 1.54) is 106 Å². The summed E-state index contributed by atoms with van der Waals surface area (Å²) in [6.45, 7) is 27.6. The maximum Gasteiger partial charge on any atom is 0.0705 e. The average Bonchev–Trinajstić information content (AvgIpc) is 0.764. The van der Waals surface area contributed by atoms with Crippen molar-refractivity contribution < 1.29 is 0 Å². The summed E-state index contributed by atoms with van der Waals surface area (Å²) in [6.07, 6.45) is 8.87. The fourth-order valence-electron chi connectivity index (χ4n) is 14.4. The summed E-state index contributed by atoms with van der Waals surface area (Å²) in [5.41, 5.74) is 30.2. The van der Waals surface area contributed by atoms with Gasteiger partial charge in [-0.2, -0.15) is 0 Å². The molecule has 3 nitrogen and oxygen atoms in total. The van der Waals surface area contributed by atoms with Crippen LogP contribution in [-0.4, -0.2) is 15.0 Å².